The van der Waals surface area contributed by atoms with Crippen LogP contribution < -0.4 is 10.9 Å². The molecular formula is C22H16N4O2S2. The van der Waals surface area contributed by atoms with Crippen LogP contribution in [0.2, 0.25) is 0 Å². The fourth-order valence-corrected chi connectivity index (χ4v) is 5.01. The summed E-state index contributed by atoms with van der Waals surface area (Å²) in [6.07, 6.45) is 3.76. The molecule has 6 nitrogen and oxygen atoms in total. The maximum absolute atomic E-state index is 12.6. The Bertz CT molecular complexity index is 1410. The van der Waals surface area contributed by atoms with Crippen molar-refractivity contribution in [3.8, 4) is 0 Å². The topological polar surface area (TPSA) is 76.4 Å². The first-order valence-electron chi connectivity index (χ1n) is 9.29. The van der Waals surface area contributed by atoms with Gasteiger partial charge in [-0.05, 0) is 36.8 Å². The van der Waals surface area contributed by atoms with Crippen molar-refractivity contribution in [2.24, 2.45) is 0 Å². The maximum Gasteiger partial charge on any atom is 0.271 e. The molecule has 0 radical (unpaired) electrons. The van der Waals surface area contributed by atoms with Crippen LogP contribution in [0.25, 0.3) is 15.2 Å². The van der Waals surface area contributed by atoms with Crippen molar-refractivity contribution in [1.29, 1.82) is 0 Å². The van der Waals surface area contributed by atoms with Gasteiger partial charge in [-0.15, -0.1) is 22.7 Å². The molecule has 0 spiro atoms. The molecule has 2 aromatic carbocycles. The molecular weight excluding hydrogens is 416 g/mol. The molecule has 0 saturated carbocycles. The average molecular weight is 433 g/mol. The van der Waals surface area contributed by atoms with Crippen LogP contribution in [0.15, 0.2) is 65.7 Å². The molecule has 5 rings (SSSR count). The van der Waals surface area contributed by atoms with Gasteiger partial charge < -0.3 is 5.32 Å². The summed E-state index contributed by atoms with van der Waals surface area (Å²) in [4.78, 5) is 35.6. The van der Waals surface area contributed by atoms with Crippen molar-refractivity contribution in [2.45, 2.75) is 13.3 Å². The number of aromatic nitrogens is 3. The van der Waals surface area contributed by atoms with Crippen LogP contribution in [0, 0.1) is 6.92 Å². The monoisotopic (exact) mass is 432 g/mol. The Hall–Kier alpha value is -3.36. The first kappa shape index (κ1) is 18.7. The van der Waals surface area contributed by atoms with E-state index >= 15 is 0 Å². The van der Waals surface area contributed by atoms with E-state index in [0.29, 0.717) is 10.6 Å². The van der Waals surface area contributed by atoms with Crippen molar-refractivity contribution >= 4 is 49.4 Å². The van der Waals surface area contributed by atoms with Crippen molar-refractivity contribution < 1.29 is 4.79 Å². The second kappa shape index (κ2) is 7.47. The first-order chi connectivity index (χ1) is 14.6. The van der Waals surface area contributed by atoms with Crippen molar-refractivity contribution in [3.63, 3.8) is 0 Å². The predicted octanol–water partition coefficient (Wildman–Crippen LogP) is 4.52. The molecule has 5 aromatic rings. The van der Waals surface area contributed by atoms with Crippen LogP contribution >= 0.6 is 22.7 Å². The van der Waals surface area contributed by atoms with Crippen LogP contribution in [-0.4, -0.2) is 20.3 Å². The van der Waals surface area contributed by atoms with Gasteiger partial charge in [0, 0.05) is 29.4 Å². The molecule has 0 aliphatic rings. The third-order valence-corrected chi connectivity index (χ3v) is 6.62. The van der Waals surface area contributed by atoms with E-state index in [9.17, 15) is 9.59 Å². The van der Waals surface area contributed by atoms with Gasteiger partial charge in [-0.2, -0.15) is 0 Å². The Morgan fingerprint density at radius 1 is 1.10 bits per heavy atom. The fourth-order valence-electron chi connectivity index (χ4n) is 3.23. The fraction of sp³-hybridized carbons (Fsp3) is 0.0909. The molecule has 30 heavy (non-hydrogen) atoms. The maximum atomic E-state index is 12.6. The van der Waals surface area contributed by atoms with Gasteiger partial charge >= 0.3 is 0 Å². The highest BCUT2D eigenvalue weighted by Gasteiger charge is 2.15. The van der Waals surface area contributed by atoms with Crippen LogP contribution in [0.5, 0.6) is 0 Å². The summed E-state index contributed by atoms with van der Waals surface area (Å²) >= 11 is 3.09. The molecule has 0 bridgehead atoms. The number of thiazole rings is 2. The third kappa shape index (κ3) is 3.51. The lowest BCUT2D eigenvalue weighted by atomic mass is 10.1. The Morgan fingerprint density at radius 2 is 1.90 bits per heavy atom. The van der Waals surface area contributed by atoms with Crippen molar-refractivity contribution in [1.82, 2.24) is 14.4 Å². The number of carbonyl (C=O) groups is 1. The van der Waals surface area contributed by atoms with E-state index in [1.54, 1.807) is 17.5 Å². The zero-order valence-electron chi connectivity index (χ0n) is 16.0. The van der Waals surface area contributed by atoms with Gasteiger partial charge in [0.1, 0.15) is 5.56 Å². The van der Waals surface area contributed by atoms with Crippen LogP contribution in [0.3, 0.4) is 0 Å². The first-order valence-corrected chi connectivity index (χ1v) is 10.9. The number of amides is 1. The average Bonchev–Trinajstić information content (AvgIpc) is 3.32. The van der Waals surface area contributed by atoms with E-state index in [4.69, 9.17) is 0 Å². The summed E-state index contributed by atoms with van der Waals surface area (Å²) < 4.78 is 2.59. The Kier molecular flexibility index (Phi) is 4.65. The lowest BCUT2D eigenvalue weighted by molar-refractivity contribution is 0.102. The lowest BCUT2D eigenvalue weighted by Gasteiger charge is -2.06. The number of fused-ring (bicyclic) bond motifs is 2. The number of hydrogen-bond acceptors (Lipinski definition) is 6. The van der Waals surface area contributed by atoms with Crippen molar-refractivity contribution in [3.05, 3.63) is 92.3 Å². The van der Waals surface area contributed by atoms with Gasteiger partial charge in [-0.1, -0.05) is 24.3 Å². The quantitative estimate of drug-likeness (QED) is 0.453. The summed E-state index contributed by atoms with van der Waals surface area (Å²) in [5, 5.41) is 3.83. The normalized spacial score (nSPS) is 11.2. The number of nitrogens with zero attached hydrogens (tertiary/aromatic N) is 3. The number of carbonyl (C=O) groups excluding carboxylic acids is 1. The highest BCUT2D eigenvalue weighted by atomic mass is 32.1. The number of hydrogen-bond donors (Lipinski definition) is 1. The zero-order valence-corrected chi connectivity index (χ0v) is 17.6. The molecule has 0 unspecified atom stereocenters. The van der Waals surface area contributed by atoms with Gasteiger partial charge in [0.15, 0.2) is 4.96 Å². The molecule has 0 fully saturated rings. The van der Waals surface area contributed by atoms with E-state index in [1.807, 2.05) is 49.4 Å². The van der Waals surface area contributed by atoms with E-state index in [1.165, 1.54) is 26.6 Å². The third-order valence-electron chi connectivity index (χ3n) is 4.67. The number of anilines is 1. The van der Waals surface area contributed by atoms with E-state index in [-0.39, 0.29) is 11.1 Å². The van der Waals surface area contributed by atoms with Gasteiger partial charge in [-0.25, -0.2) is 9.97 Å². The predicted molar refractivity (Wildman–Crippen MR) is 121 cm³/mol. The molecule has 0 saturated heterocycles. The SMILES string of the molecule is Cc1cn2c(=O)c(C(=O)Nc3ccc(Cc4nc5ccccc5s4)cc3)cnc2s1. The summed E-state index contributed by atoms with van der Waals surface area (Å²) in [5.41, 5.74) is 2.39. The number of benzene rings is 2. The van der Waals surface area contributed by atoms with Crippen LogP contribution in [0.1, 0.15) is 25.8 Å². The lowest BCUT2D eigenvalue weighted by Crippen LogP contribution is -2.25. The van der Waals surface area contributed by atoms with E-state index < -0.39 is 5.91 Å². The number of nitrogens with one attached hydrogen (secondary N) is 1. The Morgan fingerprint density at radius 3 is 2.70 bits per heavy atom. The van der Waals surface area contributed by atoms with Gasteiger partial charge in [-0.3, -0.25) is 14.0 Å². The van der Waals surface area contributed by atoms with Gasteiger partial charge in [0.2, 0.25) is 0 Å². The van der Waals surface area contributed by atoms with Crippen LogP contribution in [-0.2, 0) is 6.42 Å². The van der Waals surface area contributed by atoms with E-state index in [0.717, 1.165) is 27.4 Å². The van der Waals surface area contributed by atoms with Gasteiger partial charge in [0.25, 0.3) is 11.5 Å². The van der Waals surface area contributed by atoms with Crippen LogP contribution in [0.4, 0.5) is 5.69 Å². The standard InChI is InChI=1S/C22H16N4O2S2/c1-13-12-26-21(28)16(11-23-22(26)29-13)20(27)24-15-8-6-14(7-9-15)10-19-25-17-4-2-3-5-18(17)30-19/h2-9,11-12H,10H2,1H3,(H,24,27). The van der Waals surface area contributed by atoms with E-state index in [2.05, 4.69) is 21.4 Å². The molecule has 0 aliphatic heterocycles. The number of para-hydroxylation sites is 1. The molecule has 148 valence electrons. The summed E-state index contributed by atoms with van der Waals surface area (Å²) in [6.45, 7) is 1.90. The smallest absolute Gasteiger partial charge is 0.271 e. The Labute approximate surface area is 179 Å². The number of aryl methyl sites for hydroxylation is 1. The molecule has 0 atom stereocenters. The molecule has 1 amide bonds. The summed E-state index contributed by atoms with van der Waals surface area (Å²) in [7, 11) is 0. The summed E-state index contributed by atoms with van der Waals surface area (Å²) in [6, 6.07) is 15.7. The number of rotatable bonds is 4. The molecule has 1 N–H and O–H groups in total. The summed E-state index contributed by atoms with van der Waals surface area (Å²) in [5.74, 6) is -0.468. The highest BCUT2D eigenvalue weighted by molar-refractivity contribution is 7.18. The van der Waals surface area contributed by atoms with Gasteiger partial charge in [0.05, 0.1) is 15.2 Å². The largest absolute Gasteiger partial charge is 0.322 e. The minimum Gasteiger partial charge on any atom is -0.322 e. The minimum atomic E-state index is -0.468. The molecule has 3 heterocycles. The second-order valence-electron chi connectivity index (χ2n) is 6.87. The zero-order chi connectivity index (χ0) is 20.7. The molecule has 0 aliphatic carbocycles. The second-order valence-corrected chi connectivity index (χ2v) is 9.20. The Balaban J connectivity index is 1.32. The van der Waals surface area contributed by atoms with Crippen molar-refractivity contribution in [2.75, 3.05) is 5.32 Å². The molecule has 8 heteroatoms. The molecule has 3 aromatic heterocycles. The minimum absolute atomic E-state index is 0.0175. The highest BCUT2D eigenvalue weighted by Crippen LogP contribution is 2.24.